The first kappa shape index (κ1) is 20.5. The Hall–Kier alpha value is -1.80. The molecule has 1 aromatic rings. The van der Waals surface area contributed by atoms with Crippen molar-refractivity contribution in [1.82, 2.24) is 10.2 Å². The number of alkyl halides is 3. The van der Waals surface area contributed by atoms with Gasteiger partial charge in [-0.25, -0.2) is 0 Å². The lowest BCUT2D eigenvalue weighted by Gasteiger charge is -2.42. The highest BCUT2D eigenvalue weighted by molar-refractivity contribution is 5.78. The number of halogens is 3. The molecular weight excluding hydrogens is 347 g/mol. The minimum absolute atomic E-state index is 0.0236. The summed E-state index contributed by atoms with van der Waals surface area (Å²) in [7, 11) is 0. The lowest BCUT2D eigenvalue weighted by molar-refractivity contribution is -0.137. The summed E-state index contributed by atoms with van der Waals surface area (Å²) in [6.07, 6.45) is -3.50. The van der Waals surface area contributed by atoms with Crippen molar-refractivity contribution in [1.29, 1.82) is 0 Å². The molecule has 146 valence electrons. The van der Waals surface area contributed by atoms with E-state index < -0.39 is 11.7 Å². The van der Waals surface area contributed by atoms with Gasteiger partial charge in [0.05, 0.1) is 18.7 Å². The van der Waals surface area contributed by atoms with Crippen molar-refractivity contribution in [2.45, 2.75) is 32.5 Å². The summed E-state index contributed by atoms with van der Waals surface area (Å²) in [4.78, 5) is 14.1. The molecule has 0 radical (unpaired) electrons. The zero-order valence-corrected chi connectivity index (χ0v) is 15.1. The maximum atomic E-state index is 12.5. The minimum atomic E-state index is -4.36. The Balaban J connectivity index is 1.67. The fourth-order valence-electron chi connectivity index (χ4n) is 2.98. The van der Waals surface area contributed by atoms with Crippen LogP contribution in [0, 0.1) is 5.41 Å². The summed E-state index contributed by atoms with van der Waals surface area (Å²) < 4.78 is 42.8. The standard InChI is InChI=1S/C18H26F3N3O2/c1-17(2)12-24(9-7-15(17)22)11-16(25)23-8-10-26-14-5-3-13(4-6-14)18(19,20)21/h3-6,15H,7-12,22H2,1-2H3,(H,23,25). The molecule has 1 fully saturated rings. The van der Waals surface area contributed by atoms with Gasteiger partial charge in [-0.05, 0) is 36.1 Å². The van der Waals surface area contributed by atoms with E-state index in [1.54, 1.807) is 0 Å². The number of carbonyl (C=O) groups excluding carboxylic acids is 1. The molecule has 0 aromatic heterocycles. The third kappa shape index (κ3) is 5.88. The van der Waals surface area contributed by atoms with E-state index in [1.807, 2.05) is 0 Å². The third-order valence-corrected chi connectivity index (χ3v) is 4.63. The van der Waals surface area contributed by atoms with Crippen LogP contribution in [0.2, 0.25) is 0 Å². The van der Waals surface area contributed by atoms with Gasteiger partial charge in [-0.3, -0.25) is 9.69 Å². The molecule has 1 unspecified atom stereocenters. The summed E-state index contributed by atoms with van der Waals surface area (Å²) in [5.74, 6) is 0.228. The first-order chi connectivity index (χ1) is 12.1. The number of hydrogen-bond donors (Lipinski definition) is 2. The zero-order chi connectivity index (χ0) is 19.4. The van der Waals surface area contributed by atoms with E-state index in [-0.39, 0.29) is 30.5 Å². The molecule has 1 amide bonds. The van der Waals surface area contributed by atoms with Crippen LogP contribution in [-0.2, 0) is 11.0 Å². The van der Waals surface area contributed by atoms with Crippen LogP contribution in [0.4, 0.5) is 13.2 Å². The number of nitrogens with one attached hydrogen (secondary N) is 1. The molecule has 1 heterocycles. The number of likely N-dealkylation sites (tertiary alicyclic amines) is 1. The van der Waals surface area contributed by atoms with Crippen molar-refractivity contribution in [3.63, 3.8) is 0 Å². The second-order valence-electron chi connectivity index (χ2n) is 7.31. The fourth-order valence-corrected chi connectivity index (χ4v) is 2.98. The van der Waals surface area contributed by atoms with Crippen LogP contribution in [0.25, 0.3) is 0 Å². The van der Waals surface area contributed by atoms with Crippen molar-refractivity contribution < 1.29 is 22.7 Å². The van der Waals surface area contributed by atoms with Gasteiger partial charge in [0.2, 0.25) is 5.91 Å². The molecule has 1 aliphatic heterocycles. The molecule has 1 aromatic carbocycles. The highest BCUT2D eigenvalue weighted by Gasteiger charge is 2.33. The van der Waals surface area contributed by atoms with Crippen LogP contribution < -0.4 is 15.8 Å². The van der Waals surface area contributed by atoms with Crippen LogP contribution >= 0.6 is 0 Å². The van der Waals surface area contributed by atoms with Crippen molar-refractivity contribution in [2.24, 2.45) is 11.1 Å². The maximum absolute atomic E-state index is 12.5. The quantitative estimate of drug-likeness (QED) is 0.751. The topological polar surface area (TPSA) is 67.6 Å². The molecule has 0 spiro atoms. The molecule has 1 aliphatic rings. The number of nitrogens with two attached hydrogens (primary N) is 1. The molecule has 2 rings (SSSR count). The number of benzene rings is 1. The van der Waals surface area contributed by atoms with Gasteiger partial charge in [0.15, 0.2) is 0 Å². The Morgan fingerprint density at radius 3 is 2.58 bits per heavy atom. The van der Waals surface area contributed by atoms with Gasteiger partial charge >= 0.3 is 6.18 Å². The van der Waals surface area contributed by atoms with Crippen LogP contribution in [0.1, 0.15) is 25.8 Å². The number of rotatable bonds is 6. The van der Waals surface area contributed by atoms with E-state index in [4.69, 9.17) is 10.5 Å². The highest BCUT2D eigenvalue weighted by Crippen LogP contribution is 2.30. The number of nitrogens with zero attached hydrogens (tertiary/aromatic N) is 1. The largest absolute Gasteiger partial charge is 0.492 e. The van der Waals surface area contributed by atoms with E-state index >= 15 is 0 Å². The van der Waals surface area contributed by atoms with Gasteiger partial charge in [-0.15, -0.1) is 0 Å². The molecule has 8 heteroatoms. The Kier molecular flexibility index (Phi) is 6.52. The van der Waals surface area contributed by atoms with Crippen LogP contribution in [0.15, 0.2) is 24.3 Å². The second kappa shape index (κ2) is 8.26. The summed E-state index contributed by atoms with van der Waals surface area (Å²) in [6.45, 7) is 6.53. The van der Waals surface area contributed by atoms with Crippen LogP contribution in [0.5, 0.6) is 5.75 Å². The van der Waals surface area contributed by atoms with Crippen molar-refractivity contribution in [2.75, 3.05) is 32.8 Å². The average molecular weight is 373 g/mol. The Morgan fingerprint density at radius 1 is 1.35 bits per heavy atom. The average Bonchev–Trinajstić information content (AvgIpc) is 2.54. The van der Waals surface area contributed by atoms with Gasteiger partial charge in [0.25, 0.3) is 0 Å². The maximum Gasteiger partial charge on any atom is 0.416 e. The predicted octanol–water partition coefficient (Wildman–Crippen LogP) is 2.26. The molecule has 0 aliphatic carbocycles. The second-order valence-corrected chi connectivity index (χ2v) is 7.31. The lowest BCUT2D eigenvalue weighted by atomic mass is 9.80. The molecule has 26 heavy (non-hydrogen) atoms. The normalized spacial score (nSPS) is 20.6. The summed E-state index contributed by atoms with van der Waals surface area (Å²) in [5, 5.41) is 2.76. The predicted molar refractivity (Wildman–Crippen MR) is 92.8 cm³/mol. The number of amides is 1. The smallest absolute Gasteiger partial charge is 0.416 e. The Bertz CT molecular complexity index is 603. The van der Waals surface area contributed by atoms with E-state index in [0.29, 0.717) is 12.3 Å². The Labute approximate surface area is 151 Å². The first-order valence-electron chi connectivity index (χ1n) is 8.62. The van der Waals surface area contributed by atoms with E-state index in [9.17, 15) is 18.0 Å². The van der Waals surface area contributed by atoms with Crippen LogP contribution in [-0.4, -0.2) is 49.6 Å². The summed E-state index contributed by atoms with van der Waals surface area (Å²) in [6, 6.07) is 4.61. The summed E-state index contributed by atoms with van der Waals surface area (Å²) in [5.41, 5.74) is 5.34. The number of carbonyl (C=O) groups is 1. The van der Waals surface area contributed by atoms with Gasteiger partial charge in [-0.1, -0.05) is 13.8 Å². The van der Waals surface area contributed by atoms with Crippen molar-refractivity contribution in [3.8, 4) is 5.75 Å². The molecule has 1 atom stereocenters. The van der Waals surface area contributed by atoms with Gasteiger partial charge < -0.3 is 15.8 Å². The van der Waals surface area contributed by atoms with Crippen molar-refractivity contribution >= 4 is 5.91 Å². The SMILES string of the molecule is CC1(C)CN(CC(=O)NCCOc2ccc(C(F)(F)F)cc2)CCC1N. The monoisotopic (exact) mass is 373 g/mol. The molecule has 3 N–H and O–H groups in total. The van der Waals surface area contributed by atoms with Gasteiger partial charge in [0.1, 0.15) is 12.4 Å². The number of hydrogen-bond acceptors (Lipinski definition) is 4. The molecule has 0 bridgehead atoms. The van der Waals surface area contributed by atoms with Gasteiger partial charge in [0, 0.05) is 19.1 Å². The van der Waals surface area contributed by atoms with E-state index in [2.05, 4.69) is 24.1 Å². The lowest BCUT2D eigenvalue weighted by Crippen LogP contribution is -2.54. The van der Waals surface area contributed by atoms with Gasteiger partial charge in [-0.2, -0.15) is 13.2 Å². The zero-order valence-electron chi connectivity index (χ0n) is 15.1. The number of piperidine rings is 1. The van der Waals surface area contributed by atoms with Crippen LogP contribution in [0.3, 0.4) is 0 Å². The molecule has 1 saturated heterocycles. The number of ether oxygens (including phenoxy) is 1. The molecule has 5 nitrogen and oxygen atoms in total. The fraction of sp³-hybridized carbons (Fsp3) is 0.611. The third-order valence-electron chi connectivity index (χ3n) is 4.63. The minimum Gasteiger partial charge on any atom is -0.492 e. The van der Waals surface area contributed by atoms with E-state index in [1.165, 1.54) is 12.1 Å². The first-order valence-corrected chi connectivity index (χ1v) is 8.62. The Morgan fingerprint density at radius 2 is 2.00 bits per heavy atom. The highest BCUT2D eigenvalue weighted by atomic mass is 19.4. The van der Waals surface area contributed by atoms with E-state index in [0.717, 1.165) is 31.6 Å². The molecular formula is C18H26F3N3O2. The molecule has 0 saturated carbocycles. The van der Waals surface area contributed by atoms with Crippen molar-refractivity contribution in [3.05, 3.63) is 29.8 Å². The summed E-state index contributed by atoms with van der Waals surface area (Å²) >= 11 is 0.